The van der Waals surface area contributed by atoms with E-state index in [1.165, 1.54) is 0 Å². The number of aromatic nitrogens is 4. The lowest BCUT2D eigenvalue weighted by Gasteiger charge is -2.08. The van der Waals surface area contributed by atoms with E-state index in [1.807, 2.05) is 24.3 Å². The van der Waals surface area contributed by atoms with E-state index in [0.29, 0.717) is 23.6 Å². The Kier molecular flexibility index (Phi) is 3.15. The van der Waals surface area contributed by atoms with Crippen LogP contribution in [0.4, 0.5) is 0 Å². The summed E-state index contributed by atoms with van der Waals surface area (Å²) >= 11 is 3.38. The molecule has 0 saturated heterocycles. The molecule has 1 aromatic carbocycles. The largest absolute Gasteiger partial charge is 0.415 e. The lowest BCUT2D eigenvalue weighted by Crippen LogP contribution is -2.10. The van der Waals surface area contributed by atoms with Crippen LogP contribution in [0.25, 0.3) is 23.0 Å². The van der Waals surface area contributed by atoms with Gasteiger partial charge >= 0.3 is 0 Å². The van der Waals surface area contributed by atoms with E-state index < -0.39 is 0 Å². The molecule has 0 radical (unpaired) electrons. The topological polar surface area (TPSA) is 84.7 Å². The van der Waals surface area contributed by atoms with Gasteiger partial charge in [-0.2, -0.15) is 5.10 Å². The first kappa shape index (κ1) is 13.4. The van der Waals surface area contributed by atoms with Crippen LogP contribution in [0.5, 0.6) is 0 Å². The lowest BCUT2D eigenvalue weighted by molar-refractivity contribution is 0.0973. The molecule has 0 atom stereocenters. The van der Waals surface area contributed by atoms with Crippen molar-refractivity contribution >= 4 is 21.7 Å². The number of H-pyrrole nitrogens is 1. The van der Waals surface area contributed by atoms with Gasteiger partial charge in [-0.15, -0.1) is 10.2 Å². The minimum absolute atomic E-state index is 0.0772. The minimum Gasteiger partial charge on any atom is -0.415 e. The number of nitrogens with one attached hydrogen (secondary N) is 1. The van der Waals surface area contributed by atoms with Gasteiger partial charge in [0.1, 0.15) is 0 Å². The Morgan fingerprint density at radius 2 is 1.86 bits per heavy atom. The van der Waals surface area contributed by atoms with Gasteiger partial charge in [0.2, 0.25) is 5.89 Å². The van der Waals surface area contributed by atoms with Gasteiger partial charge in [-0.05, 0) is 37.1 Å². The molecule has 3 aromatic rings. The third-order valence-electron chi connectivity index (χ3n) is 3.67. The molecule has 4 rings (SSSR count). The fourth-order valence-corrected chi connectivity index (χ4v) is 2.86. The maximum absolute atomic E-state index is 12.1. The molecule has 0 spiro atoms. The molecule has 1 N–H and O–H groups in total. The SMILES string of the molecule is O=C1CCCc2[nH]nc(-c3nnc(-c4ccc(Br)cc4)o3)c21. The Labute approximate surface area is 134 Å². The predicted molar refractivity (Wildman–Crippen MR) is 82.3 cm³/mol. The summed E-state index contributed by atoms with van der Waals surface area (Å²) in [6, 6.07) is 7.57. The number of carbonyl (C=O) groups excluding carboxylic acids is 1. The van der Waals surface area contributed by atoms with E-state index in [0.717, 1.165) is 28.6 Å². The highest BCUT2D eigenvalue weighted by molar-refractivity contribution is 9.10. The number of hydrogen-bond acceptors (Lipinski definition) is 5. The first-order chi connectivity index (χ1) is 10.7. The van der Waals surface area contributed by atoms with Gasteiger partial charge in [0.25, 0.3) is 5.89 Å². The molecular weight excluding hydrogens is 348 g/mol. The zero-order chi connectivity index (χ0) is 15.1. The third kappa shape index (κ3) is 2.18. The van der Waals surface area contributed by atoms with Crippen molar-refractivity contribution in [2.75, 3.05) is 0 Å². The van der Waals surface area contributed by atoms with Gasteiger partial charge in [-0.25, -0.2) is 0 Å². The van der Waals surface area contributed by atoms with Crippen molar-refractivity contribution in [3.8, 4) is 23.0 Å². The maximum atomic E-state index is 12.1. The van der Waals surface area contributed by atoms with Crippen LogP contribution >= 0.6 is 15.9 Å². The summed E-state index contributed by atoms with van der Waals surface area (Å²) in [5.41, 5.74) is 2.72. The number of ketones is 1. The fraction of sp³-hybridized carbons (Fsp3) is 0.200. The molecule has 0 amide bonds. The number of rotatable bonds is 2. The van der Waals surface area contributed by atoms with Crippen molar-refractivity contribution in [2.45, 2.75) is 19.3 Å². The molecule has 110 valence electrons. The van der Waals surface area contributed by atoms with E-state index >= 15 is 0 Å². The Bertz CT molecular complexity index is 851. The highest BCUT2D eigenvalue weighted by Crippen LogP contribution is 2.30. The molecule has 6 nitrogen and oxygen atoms in total. The van der Waals surface area contributed by atoms with Crippen LogP contribution in [0, 0.1) is 0 Å². The number of Topliss-reactive ketones (excluding diaryl/α,β-unsaturated/α-hetero) is 1. The molecule has 22 heavy (non-hydrogen) atoms. The van der Waals surface area contributed by atoms with Crippen LogP contribution in [-0.4, -0.2) is 26.2 Å². The van der Waals surface area contributed by atoms with E-state index in [2.05, 4.69) is 36.3 Å². The van der Waals surface area contributed by atoms with Crippen molar-refractivity contribution in [3.05, 3.63) is 40.0 Å². The van der Waals surface area contributed by atoms with Crippen molar-refractivity contribution in [2.24, 2.45) is 0 Å². The number of carbonyl (C=O) groups is 1. The molecule has 7 heteroatoms. The molecule has 0 aliphatic heterocycles. The zero-order valence-electron chi connectivity index (χ0n) is 11.5. The average molecular weight is 359 g/mol. The smallest absolute Gasteiger partial charge is 0.269 e. The van der Waals surface area contributed by atoms with Crippen LogP contribution in [0.1, 0.15) is 28.9 Å². The fourth-order valence-electron chi connectivity index (χ4n) is 2.59. The molecule has 0 fully saturated rings. The molecule has 2 heterocycles. The van der Waals surface area contributed by atoms with Crippen LogP contribution < -0.4 is 0 Å². The maximum Gasteiger partial charge on any atom is 0.269 e. The Hall–Kier alpha value is -2.28. The summed E-state index contributed by atoms with van der Waals surface area (Å²) in [4.78, 5) is 12.1. The number of fused-ring (bicyclic) bond motifs is 1. The second-order valence-corrected chi connectivity index (χ2v) is 6.04. The van der Waals surface area contributed by atoms with Crippen LogP contribution in [0.15, 0.2) is 33.2 Å². The van der Waals surface area contributed by atoms with Gasteiger partial charge in [-0.3, -0.25) is 9.89 Å². The molecular formula is C15H11BrN4O2. The van der Waals surface area contributed by atoms with Crippen molar-refractivity contribution in [1.82, 2.24) is 20.4 Å². The number of aromatic amines is 1. The molecule has 0 saturated carbocycles. The van der Waals surface area contributed by atoms with Gasteiger partial charge in [0.05, 0.1) is 5.56 Å². The number of benzene rings is 1. The number of halogens is 1. The summed E-state index contributed by atoms with van der Waals surface area (Å²) in [6.07, 6.45) is 2.20. The molecule has 0 unspecified atom stereocenters. The molecule has 1 aliphatic rings. The molecule has 1 aliphatic carbocycles. The predicted octanol–water partition coefficient (Wildman–Crippen LogP) is 3.41. The van der Waals surface area contributed by atoms with Crippen molar-refractivity contribution in [1.29, 1.82) is 0 Å². The summed E-state index contributed by atoms with van der Waals surface area (Å²) in [6.45, 7) is 0. The average Bonchev–Trinajstić information content (AvgIpc) is 3.15. The highest BCUT2D eigenvalue weighted by atomic mass is 79.9. The van der Waals surface area contributed by atoms with E-state index in [4.69, 9.17) is 4.42 Å². The van der Waals surface area contributed by atoms with E-state index in [-0.39, 0.29) is 11.7 Å². The second-order valence-electron chi connectivity index (χ2n) is 5.12. The Morgan fingerprint density at radius 1 is 1.09 bits per heavy atom. The zero-order valence-corrected chi connectivity index (χ0v) is 13.1. The molecule has 2 aromatic heterocycles. The van der Waals surface area contributed by atoms with Crippen molar-refractivity contribution in [3.63, 3.8) is 0 Å². The number of hydrogen-bond donors (Lipinski definition) is 1. The summed E-state index contributed by atoms with van der Waals surface area (Å²) in [5, 5.41) is 15.2. The molecule has 0 bridgehead atoms. The quantitative estimate of drug-likeness (QED) is 0.758. The standard InChI is InChI=1S/C15H11BrN4O2/c16-9-6-4-8(5-7-9)14-19-20-15(22-14)13-12-10(17-18-13)2-1-3-11(12)21/h4-7H,1-3H2,(H,17,18). The normalized spacial score (nSPS) is 14.1. The van der Waals surface area contributed by atoms with Gasteiger partial charge in [-0.1, -0.05) is 15.9 Å². The van der Waals surface area contributed by atoms with Crippen LogP contribution in [0.2, 0.25) is 0 Å². The van der Waals surface area contributed by atoms with Gasteiger partial charge in [0.15, 0.2) is 11.5 Å². The monoisotopic (exact) mass is 358 g/mol. The summed E-state index contributed by atoms with van der Waals surface area (Å²) in [5.74, 6) is 0.751. The number of nitrogens with zero attached hydrogens (tertiary/aromatic N) is 3. The van der Waals surface area contributed by atoms with Gasteiger partial charge < -0.3 is 4.42 Å². The second kappa shape index (κ2) is 5.17. The lowest BCUT2D eigenvalue weighted by atomic mass is 9.94. The first-order valence-electron chi connectivity index (χ1n) is 6.92. The minimum atomic E-state index is 0.0772. The highest BCUT2D eigenvalue weighted by Gasteiger charge is 2.27. The van der Waals surface area contributed by atoms with E-state index in [9.17, 15) is 4.79 Å². The van der Waals surface area contributed by atoms with Gasteiger partial charge in [0, 0.05) is 22.2 Å². The van der Waals surface area contributed by atoms with Crippen LogP contribution in [-0.2, 0) is 6.42 Å². The summed E-state index contributed by atoms with van der Waals surface area (Å²) in [7, 11) is 0. The first-order valence-corrected chi connectivity index (χ1v) is 7.72. The van der Waals surface area contributed by atoms with Crippen LogP contribution in [0.3, 0.4) is 0 Å². The third-order valence-corrected chi connectivity index (χ3v) is 4.20. The summed E-state index contributed by atoms with van der Waals surface area (Å²) < 4.78 is 6.67. The Balaban J connectivity index is 1.75. The number of aryl methyl sites for hydroxylation is 1. The van der Waals surface area contributed by atoms with E-state index in [1.54, 1.807) is 0 Å². The Morgan fingerprint density at radius 3 is 2.68 bits per heavy atom. The van der Waals surface area contributed by atoms with Crippen molar-refractivity contribution < 1.29 is 9.21 Å².